The Balaban J connectivity index is 1.90. The van der Waals surface area contributed by atoms with Gasteiger partial charge in [-0.1, -0.05) is 56.6 Å². The molecule has 0 spiro atoms. The molecule has 2 aromatic rings. The van der Waals surface area contributed by atoms with Crippen molar-refractivity contribution in [3.05, 3.63) is 64.7 Å². The predicted octanol–water partition coefficient (Wildman–Crippen LogP) is 4.27. The van der Waals surface area contributed by atoms with Crippen molar-refractivity contribution in [2.75, 3.05) is 5.32 Å². The molecule has 0 radical (unpaired) electrons. The van der Waals surface area contributed by atoms with E-state index in [2.05, 4.69) is 36.9 Å². The fourth-order valence-corrected chi connectivity index (χ4v) is 2.43. The van der Waals surface area contributed by atoms with Gasteiger partial charge in [-0.2, -0.15) is 0 Å². The summed E-state index contributed by atoms with van der Waals surface area (Å²) in [4.78, 5) is 12.0. The SMILES string of the molecule is CC(C)(C)c1ccc(NC(=S)NNC(=O)c2ccccc2Cl)cc1. The van der Waals surface area contributed by atoms with Crippen LogP contribution in [-0.4, -0.2) is 11.0 Å². The Morgan fingerprint density at radius 2 is 1.62 bits per heavy atom. The van der Waals surface area contributed by atoms with E-state index in [4.69, 9.17) is 23.8 Å². The average molecular weight is 362 g/mol. The Labute approximate surface area is 152 Å². The second-order valence-corrected chi connectivity index (χ2v) is 7.16. The number of halogens is 1. The highest BCUT2D eigenvalue weighted by atomic mass is 35.5. The topological polar surface area (TPSA) is 53.2 Å². The van der Waals surface area contributed by atoms with Gasteiger partial charge in [-0.25, -0.2) is 0 Å². The van der Waals surface area contributed by atoms with Gasteiger partial charge in [0.2, 0.25) is 0 Å². The van der Waals surface area contributed by atoms with Gasteiger partial charge in [0.25, 0.3) is 5.91 Å². The Morgan fingerprint density at radius 1 is 1.00 bits per heavy atom. The van der Waals surface area contributed by atoms with E-state index < -0.39 is 0 Å². The lowest BCUT2D eigenvalue weighted by atomic mass is 9.87. The molecule has 0 bridgehead atoms. The summed E-state index contributed by atoms with van der Waals surface area (Å²) in [5, 5.41) is 3.69. The molecular formula is C18H20ClN3OS. The van der Waals surface area contributed by atoms with Crippen LogP contribution in [0.25, 0.3) is 0 Å². The van der Waals surface area contributed by atoms with Gasteiger partial charge in [-0.3, -0.25) is 15.6 Å². The van der Waals surface area contributed by atoms with Crippen LogP contribution in [0.15, 0.2) is 48.5 Å². The van der Waals surface area contributed by atoms with Crippen molar-refractivity contribution in [3.63, 3.8) is 0 Å². The van der Waals surface area contributed by atoms with Crippen molar-refractivity contribution < 1.29 is 4.79 Å². The number of hydrogen-bond donors (Lipinski definition) is 3. The van der Waals surface area contributed by atoms with Crippen LogP contribution in [0.3, 0.4) is 0 Å². The van der Waals surface area contributed by atoms with Crippen LogP contribution in [0.4, 0.5) is 5.69 Å². The van der Waals surface area contributed by atoms with Crippen molar-refractivity contribution in [3.8, 4) is 0 Å². The summed E-state index contributed by atoms with van der Waals surface area (Å²) in [5.41, 5.74) is 7.73. The van der Waals surface area contributed by atoms with Gasteiger partial charge < -0.3 is 5.32 Å². The van der Waals surface area contributed by atoms with E-state index in [1.165, 1.54) is 5.56 Å². The fraction of sp³-hybridized carbons (Fsp3) is 0.222. The Bertz CT molecular complexity index is 739. The highest BCUT2D eigenvalue weighted by molar-refractivity contribution is 7.80. The highest BCUT2D eigenvalue weighted by Crippen LogP contribution is 2.23. The van der Waals surface area contributed by atoms with Crippen LogP contribution >= 0.6 is 23.8 Å². The second kappa shape index (κ2) is 7.64. The third-order valence-corrected chi connectivity index (χ3v) is 3.95. The summed E-state index contributed by atoms with van der Waals surface area (Å²) in [5.74, 6) is -0.354. The number of amides is 1. The lowest BCUT2D eigenvalue weighted by Gasteiger charge is -2.19. The molecule has 0 aliphatic carbocycles. The minimum atomic E-state index is -0.354. The number of anilines is 1. The molecule has 0 aromatic heterocycles. The molecular weight excluding hydrogens is 342 g/mol. The second-order valence-electron chi connectivity index (χ2n) is 6.34. The van der Waals surface area contributed by atoms with Crippen LogP contribution < -0.4 is 16.2 Å². The third-order valence-electron chi connectivity index (χ3n) is 3.42. The van der Waals surface area contributed by atoms with Crippen molar-refractivity contribution in [1.29, 1.82) is 0 Å². The first kappa shape index (κ1) is 18.2. The molecule has 0 fully saturated rings. The lowest BCUT2D eigenvalue weighted by Crippen LogP contribution is -2.43. The Hall–Kier alpha value is -2.11. The summed E-state index contributed by atoms with van der Waals surface area (Å²) < 4.78 is 0. The van der Waals surface area contributed by atoms with Crippen molar-refractivity contribution >= 4 is 40.5 Å². The van der Waals surface area contributed by atoms with Crippen LogP contribution in [0.2, 0.25) is 5.02 Å². The number of hydrogen-bond acceptors (Lipinski definition) is 2. The summed E-state index contributed by atoms with van der Waals surface area (Å²) in [6, 6.07) is 14.8. The van der Waals surface area contributed by atoms with E-state index in [-0.39, 0.29) is 11.3 Å². The molecule has 3 N–H and O–H groups in total. The predicted molar refractivity (Wildman–Crippen MR) is 103 cm³/mol. The van der Waals surface area contributed by atoms with E-state index in [0.29, 0.717) is 15.7 Å². The number of rotatable bonds is 2. The molecule has 4 nitrogen and oxygen atoms in total. The van der Waals surface area contributed by atoms with Crippen molar-refractivity contribution in [2.45, 2.75) is 26.2 Å². The molecule has 0 saturated carbocycles. The largest absolute Gasteiger partial charge is 0.331 e. The van der Waals surface area contributed by atoms with Gasteiger partial charge in [-0.05, 0) is 47.5 Å². The zero-order chi connectivity index (χ0) is 17.7. The number of thiocarbonyl (C=S) groups is 1. The number of carbonyl (C=O) groups excluding carboxylic acids is 1. The fourth-order valence-electron chi connectivity index (χ4n) is 2.04. The first-order valence-corrected chi connectivity index (χ1v) is 8.28. The number of hydrazine groups is 1. The molecule has 1 amide bonds. The molecule has 0 heterocycles. The van der Waals surface area contributed by atoms with Gasteiger partial charge in [0.15, 0.2) is 5.11 Å². The van der Waals surface area contributed by atoms with Crippen LogP contribution in [-0.2, 0) is 5.41 Å². The minimum absolute atomic E-state index is 0.0974. The monoisotopic (exact) mass is 361 g/mol. The van der Waals surface area contributed by atoms with Crippen LogP contribution in [0.5, 0.6) is 0 Å². The molecule has 126 valence electrons. The molecule has 24 heavy (non-hydrogen) atoms. The standard InChI is InChI=1S/C18H20ClN3OS/c1-18(2,3)12-8-10-13(11-9-12)20-17(24)22-21-16(23)14-6-4-5-7-15(14)19/h4-11H,1-3H3,(H,21,23)(H2,20,22,24). The third kappa shape index (κ3) is 4.94. The van der Waals surface area contributed by atoms with E-state index in [1.54, 1.807) is 24.3 Å². The first-order chi connectivity index (χ1) is 11.3. The molecule has 0 atom stereocenters. The molecule has 0 aliphatic rings. The molecule has 0 saturated heterocycles. The number of benzene rings is 2. The number of nitrogens with one attached hydrogen (secondary N) is 3. The molecule has 0 unspecified atom stereocenters. The van der Waals surface area contributed by atoms with Gasteiger partial charge in [0.05, 0.1) is 10.6 Å². The zero-order valence-corrected chi connectivity index (χ0v) is 15.4. The molecule has 2 aromatic carbocycles. The number of carbonyl (C=O) groups is 1. The van der Waals surface area contributed by atoms with Gasteiger partial charge in [-0.15, -0.1) is 0 Å². The van der Waals surface area contributed by atoms with E-state index in [9.17, 15) is 4.79 Å². The van der Waals surface area contributed by atoms with Gasteiger partial charge >= 0.3 is 0 Å². The zero-order valence-electron chi connectivity index (χ0n) is 13.8. The minimum Gasteiger partial charge on any atom is -0.331 e. The van der Waals surface area contributed by atoms with E-state index in [1.807, 2.05) is 24.3 Å². The Morgan fingerprint density at radius 3 is 2.21 bits per heavy atom. The quantitative estimate of drug-likeness (QED) is 0.552. The van der Waals surface area contributed by atoms with Gasteiger partial charge in [0, 0.05) is 5.69 Å². The van der Waals surface area contributed by atoms with E-state index >= 15 is 0 Å². The van der Waals surface area contributed by atoms with Gasteiger partial charge in [0.1, 0.15) is 0 Å². The summed E-state index contributed by atoms with van der Waals surface area (Å²) in [6.07, 6.45) is 0. The molecule has 0 aliphatic heterocycles. The first-order valence-electron chi connectivity index (χ1n) is 7.50. The maximum atomic E-state index is 12.0. The smallest absolute Gasteiger partial charge is 0.271 e. The summed E-state index contributed by atoms with van der Waals surface area (Å²) in [7, 11) is 0. The van der Waals surface area contributed by atoms with Crippen molar-refractivity contribution in [2.24, 2.45) is 0 Å². The van der Waals surface area contributed by atoms with E-state index in [0.717, 1.165) is 5.69 Å². The summed E-state index contributed by atoms with van der Waals surface area (Å²) >= 11 is 11.2. The summed E-state index contributed by atoms with van der Waals surface area (Å²) in [6.45, 7) is 6.48. The highest BCUT2D eigenvalue weighted by Gasteiger charge is 2.13. The van der Waals surface area contributed by atoms with Crippen LogP contribution in [0.1, 0.15) is 36.7 Å². The normalized spacial score (nSPS) is 10.8. The molecule has 2 rings (SSSR count). The Kier molecular flexibility index (Phi) is 5.80. The maximum Gasteiger partial charge on any atom is 0.271 e. The van der Waals surface area contributed by atoms with Crippen molar-refractivity contribution in [1.82, 2.24) is 10.9 Å². The maximum absolute atomic E-state index is 12.0. The molecule has 6 heteroatoms. The average Bonchev–Trinajstić information content (AvgIpc) is 2.53. The lowest BCUT2D eigenvalue weighted by molar-refractivity contribution is 0.0944. The van der Waals surface area contributed by atoms with Crippen LogP contribution in [0, 0.1) is 0 Å².